The van der Waals surface area contributed by atoms with Gasteiger partial charge in [-0.05, 0) is 48.0 Å². The van der Waals surface area contributed by atoms with Crippen molar-refractivity contribution < 1.29 is 9.72 Å². The summed E-state index contributed by atoms with van der Waals surface area (Å²) in [4.78, 5) is 35.5. The van der Waals surface area contributed by atoms with Crippen molar-refractivity contribution in [2.75, 3.05) is 23.7 Å². The fourth-order valence-corrected chi connectivity index (χ4v) is 3.93. The van der Waals surface area contributed by atoms with Crippen LogP contribution in [0.5, 0.6) is 0 Å². The number of anilines is 2. The van der Waals surface area contributed by atoms with Gasteiger partial charge in [-0.15, -0.1) is 0 Å². The van der Waals surface area contributed by atoms with Crippen LogP contribution in [0.1, 0.15) is 15.9 Å². The van der Waals surface area contributed by atoms with Gasteiger partial charge in [-0.1, -0.05) is 35.3 Å². The van der Waals surface area contributed by atoms with E-state index in [1.54, 1.807) is 48.7 Å². The zero-order valence-corrected chi connectivity index (χ0v) is 20.8. The maximum atomic E-state index is 12.5. The van der Waals surface area contributed by atoms with E-state index in [4.69, 9.17) is 23.2 Å². The first-order valence-electron chi connectivity index (χ1n) is 11.1. The van der Waals surface area contributed by atoms with Crippen molar-refractivity contribution in [1.29, 1.82) is 0 Å². The number of carbonyl (C=O) groups is 1. The topological polar surface area (TPSA) is 135 Å². The van der Waals surface area contributed by atoms with Gasteiger partial charge >= 0.3 is 0 Å². The second kappa shape index (κ2) is 12.1. The Kier molecular flexibility index (Phi) is 8.44. The van der Waals surface area contributed by atoms with Crippen LogP contribution in [0, 0.1) is 10.1 Å². The molecule has 3 N–H and O–H groups in total. The lowest BCUT2D eigenvalue weighted by molar-refractivity contribution is -0.385. The second-order valence-corrected chi connectivity index (χ2v) is 8.69. The van der Waals surface area contributed by atoms with Crippen molar-refractivity contribution in [3.8, 4) is 11.3 Å². The molecule has 37 heavy (non-hydrogen) atoms. The fraction of sp³-hybridized carbons (Fsp3) is 0.120. The number of halogens is 2. The van der Waals surface area contributed by atoms with E-state index in [1.165, 1.54) is 12.3 Å². The molecule has 2 aromatic heterocycles. The largest absolute Gasteiger partial charge is 0.368 e. The van der Waals surface area contributed by atoms with E-state index >= 15 is 0 Å². The number of nitro groups is 1. The van der Waals surface area contributed by atoms with Gasteiger partial charge in [0.05, 0.1) is 10.6 Å². The van der Waals surface area contributed by atoms with E-state index in [0.717, 1.165) is 11.1 Å². The van der Waals surface area contributed by atoms with E-state index in [-0.39, 0.29) is 11.6 Å². The van der Waals surface area contributed by atoms with Crippen LogP contribution >= 0.6 is 23.2 Å². The van der Waals surface area contributed by atoms with Crippen molar-refractivity contribution >= 4 is 46.6 Å². The molecule has 1 amide bonds. The summed E-state index contributed by atoms with van der Waals surface area (Å²) in [5, 5.41) is 20.8. The molecule has 0 bridgehead atoms. The van der Waals surface area contributed by atoms with Crippen LogP contribution in [0.4, 0.5) is 17.5 Å². The summed E-state index contributed by atoms with van der Waals surface area (Å²) in [6, 6.07) is 16.9. The van der Waals surface area contributed by atoms with Crippen LogP contribution in [0.25, 0.3) is 11.3 Å². The molecular formula is C25H21Cl2N7O3. The standard InChI is InChI=1S/C25H21Cl2N7O3/c26-19-11-16(12-20(27)13-19)14-32-24(35)18-3-1-17(2-4-18)22-7-8-29-25(33-22)30-10-9-28-23-6-5-21(15-31-23)34(36)37/h1-8,11-13,15H,9-10,14H2,(H,28,31)(H,32,35)(H,29,30,33). The van der Waals surface area contributed by atoms with Gasteiger partial charge in [0.1, 0.15) is 12.0 Å². The molecule has 0 saturated heterocycles. The van der Waals surface area contributed by atoms with Gasteiger partial charge in [0.15, 0.2) is 0 Å². The minimum absolute atomic E-state index is 0.0644. The molecular weight excluding hydrogens is 517 g/mol. The minimum atomic E-state index is -0.496. The number of rotatable bonds is 10. The molecule has 0 atom stereocenters. The molecule has 0 aliphatic carbocycles. The van der Waals surface area contributed by atoms with Crippen LogP contribution in [0.15, 0.2) is 73.1 Å². The molecule has 0 saturated carbocycles. The van der Waals surface area contributed by atoms with Crippen LogP contribution in [0.2, 0.25) is 10.0 Å². The molecule has 4 rings (SSSR count). The SMILES string of the molecule is O=C(NCc1cc(Cl)cc(Cl)c1)c1ccc(-c2ccnc(NCCNc3ccc([N+](=O)[O-])cn3)n2)cc1. The first kappa shape index (κ1) is 25.8. The van der Waals surface area contributed by atoms with Gasteiger partial charge in [0, 0.05) is 53.1 Å². The smallest absolute Gasteiger partial charge is 0.287 e. The van der Waals surface area contributed by atoms with Crippen molar-refractivity contribution in [1.82, 2.24) is 20.3 Å². The Labute approximate surface area is 222 Å². The Morgan fingerprint density at radius 2 is 1.65 bits per heavy atom. The van der Waals surface area contributed by atoms with Crippen molar-refractivity contribution in [3.05, 3.63) is 104 Å². The molecule has 12 heteroatoms. The molecule has 0 aliphatic rings. The molecule has 0 aliphatic heterocycles. The Bertz CT molecular complexity index is 1380. The van der Waals surface area contributed by atoms with Crippen LogP contribution in [-0.2, 0) is 6.54 Å². The fourth-order valence-electron chi connectivity index (χ4n) is 3.36. The summed E-state index contributed by atoms with van der Waals surface area (Å²) in [7, 11) is 0. The summed E-state index contributed by atoms with van der Waals surface area (Å²) in [5.74, 6) is 0.753. The number of aromatic nitrogens is 3. The first-order chi connectivity index (χ1) is 17.9. The summed E-state index contributed by atoms with van der Waals surface area (Å²) >= 11 is 12.0. The van der Waals surface area contributed by atoms with Crippen molar-refractivity contribution in [2.45, 2.75) is 6.54 Å². The number of carbonyl (C=O) groups excluding carboxylic acids is 1. The minimum Gasteiger partial charge on any atom is -0.368 e. The third-order valence-electron chi connectivity index (χ3n) is 5.15. The number of benzene rings is 2. The highest BCUT2D eigenvalue weighted by atomic mass is 35.5. The average Bonchev–Trinajstić information content (AvgIpc) is 2.90. The quantitative estimate of drug-likeness (QED) is 0.142. The van der Waals surface area contributed by atoms with Crippen LogP contribution in [-0.4, -0.2) is 38.9 Å². The maximum Gasteiger partial charge on any atom is 0.287 e. The Morgan fingerprint density at radius 3 is 2.32 bits per heavy atom. The summed E-state index contributed by atoms with van der Waals surface area (Å²) < 4.78 is 0. The van der Waals surface area contributed by atoms with Gasteiger partial charge in [-0.3, -0.25) is 14.9 Å². The van der Waals surface area contributed by atoms with Crippen LogP contribution in [0.3, 0.4) is 0 Å². The summed E-state index contributed by atoms with van der Waals surface area (Å²) in [5.41, 5.74) is 2.78. The van der Waals surface area contributed by atoms with E-state index in [2.05, 4.69) is 30.9 Å². The normalized spacial score (nSPS) is 10.5. The number of hydrogen-bond acceptors (Lipinski definition) is 8. The zero-order valence-electron chi connectivity index (χ0n) is 19.3. The predicted molar refractivity (Wildman–Crippen MR) is 143 cm³/mol. The predicted octanol–water partition coefficient (Wildman–Crippen LogP) is 5.21. The third-order valence-corrected chi connectivity index (χ3v) is 5.58. The van der Waals surface area contributed by atoms with E-state index in [1.807, 2.05) is 12.1 Å². The highest BCUT2D eigenvalue weighted by molar-refractivity contribution is 6.34. The number of pyridine rings is 1. The van der Waals surface area contributed by atoms with Crippen molar-refractivity contribution in [3.63, 3.8) is 0 Å². The second-order valence-electron chi connectivity index (χ2n) is 7.82. The van der Waals surface area contributed by atoms with Gasteiger partial charge in [0.2, 0.25) is 5.95 Å². The molecule has 10 nitrogen and oxygen atoms in total. The number of nitrogens with one attached hydrogen (secondary N) is 3. The average molecular weight is 538 g/mol. The molecule has 2 aromatic carbocycles. The Morgan fingerprint density at radius 1 is 0.919 bits per heavy atom. The third kappa shape index (κ3) is 7.35. The number of hydrogen-bond donors (Lipinski definition) is 3. The van der Waals surface area contributed by atoms with Gasteiger partial charge in [0.25, 0.3) is 11.6 Å². The first-order valence-corrected chi connectivity index (χ1v) is 11.9. The van der Waals surface area contributed by atoms with Gasteiger partial charge < -0.3 is 16.0 Å². The van der Waals surface area contributed by atoms with E-state index in [0.29, 0.717) is 52.7 Å². The molecule has 0 unspecified atom stereocenters. The molecule has 0 fully saturated rings. The molecule has 4 aromatic rings. The number of amides is 1. The highest BCUT2D eigenvalue weighted by Crippen LogP contribution is 2.20. The lowest BCUT2D eigenvalue weighted by Crippen LogP contribution is -2.22. The molecule has 0 spiro atoms. The number of nitrogens with zero attached hydrogens (tertiary/aromatic N) is 4. The van der Waals surface area contributed by atoms with Crippen molar-refractivity contribution in [2.24, 2.45) is 0 Å². The van der Waals surface area contributed by atoms with Gasteiger partial charge in [-0.2, -0.15) is 0 Å². The van der Waals surface area contributed by atoms with E-state index in [9.17, 15) is 14.9 Å². The lowest BCUT2D eigenvalue weighted by atomic mass is 10.1. The zero-order chi connectivity index (χ0) is 26.2. The van der Waals surface area contributed by atoms with Crippen LogP contribution < -0.4 is 16.0 Å². The van der Waals surface area contributed by atoms with E-state index < -0.39 is 4.92 Å². The molecule has 188 valence electrons. The summed E-state index contributed by atoms with van der Waals surface area (Å²) in [6.07, 6.45) is 2.85. The monoisotopic (exact) mass is 537 g/mol. The van der Waals surface area contributed by atoms with Gasteiger partial charge in [-0.25, -0.2) is 15.0 Å². The molecule has 2 heterocycles. The Hall–Kier alpha value is -4.28. The lowest BCUT2D eigenvalue weighted by Gasteiger charge is -2.09. The summed E-state index contributed by atoms with van der Waals surface area (Å²) in [6.45, 7) is 1.31. The highest BCUT2D eigenvalue weighted by Gasteiger charge is 2.09. The molecule has 0 radical (unpaired) electrons. The Balaban J connectivity index is 1.29. The maximum absolute atomic E-state index is 12.5.